The summed E-state index contributed by atoms with van der Waals surface area (Å²) in [6.45, 7) is 0.979. The highest BCUT2D eigenvalue weighted by atomic mass is 16.5. The number of ether oxygens (including phenoxy) is 1. The number of amides is 1. The van der Waals surface area contributed by atoms with Gasteiger partial charge in [-0.2, -0.15) is 0 Å². The van der Waals surface area contributed by atoms with Crippen molar-refractivity contribution < 1.29 is 9.53 Å². The van der Waals surface area contributed by atoms with E-state index in [0.29, 0.717) is 19.5 Å². The normalized spacial score (nSPS) is 10.2. The Bertz CT molecular complexity index is 594. The molecule has 0 aliphatic rings. The van der Waals surface area contributed by atoms with Crippen LogP contribution >= 0.6 is 0 Å². The lowest BCUT2D eigenvalue weighted by Gasteiger charge is -2.09. The van der Waals surface area contributed by atoms with Crippen LogP contribution < -0.4 is 15.8 Å². The van der Waals surface area contributed by atoms with Gasteiger partial charge in [-0.15, -0.1) is 0 Å². The van der Waals surface area contributed by atoms with E-state index in [-0.39, 0.29) is 5.91 Å². The molecule has 0 bridgehead atoms. The van der Waals surface area contributed by atoms with Gasteiger partial charge in [-0.3, -0.25) is 4.79 Å². The van der Waals surface area contributed by atoms with Crippen LogP contribution in [0.2, 0.25) is 0 Å². The van der Waals surface area contributed by atoms with Gasteiger partial charge in [-0.1, -0.05) is 36.4 Å². The molecular weight excluding hydrogens is 264 g/mol. The van der Waals surface area contributed by atoms with Gasteiger partial charge in [0.15, 0.2) is 0 Å². The first-order valence-electron chi connectivity index (χ1n) is 6.89. The molecule has 2 rings (SSSR count). The van der Waals surface area contributed by atoms with E-state index >= 15 is 0 Å². The van der Waals surface area contributed by atoms with Crippen LogP contribution in [-0.2, 0) is 24.3 Å². The highest BCUT2D eigenvalue weighted by molar-refractivity contribution is 5.78. The third kappa shape index (κ3) is 4.33. The third-order valence-electron chi connectivity index (χ3n) is 3.34. The topological polar surface area (TPSA) is 64.3 Å². The molecule has 4 heteroatoms. The van der Waals surface area contributed by atoms with Gasteiger partial charge in [0.05, 0.1) is 13.5 Å². The van der Waals surface area contributed by atoms with Gasteiger partial charge in [0, 0.05) is 13.1 Å². The Morgan fingerprint density at radius 1 is 1.10 bits per heavy atom. The van der Waals surface area contributed by atoms with Crippen molar-refractivity contribution in [2.24, 2.45) is 5.73 Å². The van der Waals surface area contributed by atoms with Gasteiger partial charge in [0.1, 0.15) is 5.75 Å². The summed E-state index contributed by atoms with van der Waals surface area (Å²) in [7, 11) is 1.62. The summed E-state index contributed by atoms with van der Waals surface area (Å²) >= 11 is 0. The number of hydrogen-bond acceptors (Lipinski definition) is 3. The lowest BCUT2D eigenvalue weighted by molar-refractivity contribution is -0.120. The van der Waals surface area contributed by atoms with Gasteiger partial charge in [-0.05, 0) is 28.8 Å². The summed E-state index contributed by atoms with van der Waals surface area (Å²) in [6, 6.07) is 15.4. The molecule has 0 radical (unpaired) electrons. The second-order valence-corrected chi connectivity index (χ2v) is 4.77. The number of methoxy groups -OCH3 is 1. The Labute approximate surface area is 124 Å². The van der Waals surface area contributed by atoms with Crippen molar-refractivity contribution in [2.45, 2.75) is 19.5 Å². The molecule has 0 fully saturated rings. The van der Waals surface area contributed by atoms with Gasteiger partial charge in [0.25, 0.3) is 0 Å². The SMILES string of the molecule is COc1ccc(CC(=O)NCc2ccccc2CN)cc1. The number of carbonyl (C=O) groups is 1. The first-order valence-corrected chi connectivity index (χ1v) is 6.89. The lowest BCUT2D eigenvalue weighted by Crippen LogP contribution is -2.25. The molecule has 2 aromatic carbocycles. The van der Waals surface area contributed by atoms with Crippen LogP contribution in [0, 0.1) is 0 Å². The van der Waals surface area contributed by atoms with Crippen LogP contribution in [0.5, 0.6) is 5.75 Å². The molecule has 110 valence electrons. The molecule has 0 saturated heterocycles. The van der Waals surface area contributed by atoms with Crippen LogP contribution in [0.3, 0.4) is 0 Å². The van der Waals surface area contributed by atoms with E-state index in [9.17, 15) is 4.79 Å². The minimum Gasteiger partial charge on any atom is -0.497 e. The van der Waals surface area contributed by atoms with E-state index in [1.54, 1.807) is 7.11 Å². The molecule has 1 amide bonds. The fourth-order valence-electron chi connectivity index (χ4n) is 2.11. The van der Waals surface area contributed by atoms with E-state index in [1.165, 1.54) is 0 Å². The number of nitrogens with two attached hydrogens (primary N) is 1. The number of benzene rings is 2. The Kier molecular flexibility index (Phi) is 5.35. The standard InChI is InChI=1S/C17H20N2O2/c1-21-16-8-6-13(7-9-16)10-17(20)19-12-15-5-3-2-4-14(15)11-18/h2-9H,10-12,18H2,1H3,(H,19,20). The Morgan fingerprint density at radius 2 is 1.76 bits per heavy atom. The lowest BCUT2D eigenvalue weighted by atomic mass is 10.1. The predicted molar refractivity (Wildman–Crippen MR) is 82.9 cm³/mol. The molecule has 0 saturated carbocycles. The van der Waals surface area contributed by atoms with Crippen molar-refractivity contribution in [1.29, 1.82) is 0 Å². The Morgan fingerprint density at radius 3 is 2.38 bits per heavy atom. The molecule has 0 unspecified atom stereocenters. The van der Waals surface area contributed by atoms with Gasteiger partial charge < -0.3 is 15.8 Å². The largest absolute Gasteiger partial charge is 0.497 e. The molecule has 0 atom stereocenters. The average Bonchev–Trinajstić information content (AvgIpc) is 2.54. The average molecular weight is 284 g/mol. The van der Waals surface area contributed by atoms with E-state index in [1.807, 2.05) is 48.5 Å². The first-order chi connectivity index (χ1) is 10.2. The zero-order valence-electron chi connectivity index (χ0n) is 12.1. The molecule has 0 aliphatic heterocycles. The second-order valence-electron chi connectivity index (χ2n) is 4.77. The molecule has 3 N–H and O–H groups in total. The number of nitrogens with one attached hydrogen (secondary N) is 1. The molecule has 0 aromatic heterocycles. The van der Waals surface area contributed by atoms with Crippen LogP contribution in [0.4, 0.5) is 0 Å². The smallest absolute Gasteiger partial charge is 0.224 e. The van der Waals surface area contributed by atoms with Gasteiger partial charge >= 0.3 is 0 Å². The quantitative estimate of drug-likeness (QED) is 0.853. The van der Waals surface area contributed by atoms with Crippen molar-refractivity contribution in [2.75, 3.05) is 7.11 Å². The Hall–Kier alpha value is -2.33. The molecule has 21 heavy (non-hydrogen) atoms. The number of carbonyl (C=O) groups excluding carboxylic acids is 1. The maximum atomic E-state index is 12.0. The number of rotatable bonds is 6. The van der Waals surface area contributed by atoms with Gasteiger partial charge in [-0.25, -0.2) is 0 Å². The highest BCUT2D eigenvalue weighted by Gasteiger charge is 2.05. The minimum absolute atomic E-state index is 0.00742. The molecular formula is C17H20N2O2. The fraction of sp³-hybridized carbons (Fsp3) is 0.235. The number of hydrogen-bond donors (Lipinski definition) is 2. The highest BCUT2D eigenvalue weighted by Crippen LogP contribution is 2.12. The molecule has 0 heterocycles. The molecule has 0 spiro atoms. The van der Waals surface area contributed by atoms with E-state index < -0.39 is 0 Å². The maximum absolute atomic E-state index is 12.0. The van der Waals surface area contributed by atoms with E-state index in [0.717, 1.165) is 22.4 Å². The van der Waals surface area contributed by atoms with E-state index in [4.69, 9.17) is 10.5 Å². The maximum Gasteiger partial charge on any atom is 0.224 e. The van der Waals surface area contributed by atoms with Crippen molar-refractivity contribution >= 4 is 5.91 Å². The monoisotopic (exact) mass is 284 g/mol. The minimum atomic E-state index is -0.00742. The summed E-state index contributed by atoms with van der Waals surface area (Å²) in [6.07, 6.45) is 0.356. The zero-order chi connectivity index (χ0) is 15.1. The van der Waals surface area contributed by atoms with Crippen molar-refractivity contribution in [3.8, 4) is 5.75 Å². The van der Waals surface area contributed by atoms with E-state index in [2.05, 4.69) is 5.32 Å². The van der Waals surface area contributed by atoms with Crippen LogP contribution in [0.1, 0.15) is 16.7 Å². The summed E-state index contributed by atoms with van der Waals surface area (Å²) in [5.41, 5.74) is 8.76. The summed E-state index contributed by atoms with van der Waals surface area (Å²) < 4.78 is 5.09. The second kappa shape index (κ2) is 7.45. The third-order valence-corrected chi connectivity index (χ3v) is 3.34. The summed E-state index contributed by atoms with van der Waals surface area (Å²) in [5.74, 6) is 0.781. The Balaban J connectivity index is 1.89. The summed E-state index contributed by atoms with van der Waals surface area (Å²) in [5, 5.41) is 2.93. The molecule has 2 aromatic rings. The summed E-state index contributed by atoms with van der Waals surface area (Å²) in [4.78, 5) is 12.0. The van der Waals surface area contributed by atoms with Crippen LogP contribution in [0.15, 0.2) is 48.5 Å². The van der Waals surface area contributed by atoms with Crippen LogP contribution in [-0.4, -0.2) is 13.0 Å². The molecule has 0 aliphatic carbocycles. The molecule has 4 nitrogen and oxygen atoms in total. The first kappa shape index (κ1) is 15.1. The van der Waals surface area contributed by atoms with Gasteiger partial charge in [0.2, 0.25) is 5.91 Å². The zero-order valence-corrected chi connectivity index (χ0v) is 12.1. The van der Waals surface area contributed by atoms with Crippen molar-refractivity contribution in [3.05, 3.63) is 65.2 Å². The van der Waals surface area contributed by atoms with Crippen LogP contribution in [0.25, 0.3) is 0 Å². The van der Waals surface area contributed by atoms with Crippen molar-refractivity contribution in [3.63, 3.8) is 0 Å². The predicted octanol–water partition coefficient (Wildman–Crippen LogP) is 2.01. The fourth-order valence-corrected chi connectivity index (χ4v) is 2.11. The van der Waals surface area contributed by atoms with Crippen molar-refractivity contribution in [1.82, 2.24) is 5.32 Å².